The Morgan fingerprint density at radius 3 is 2.32 bits per heavy atom. The highest BCUT2D eigenvalue weighted by atomic mass is 16.1. The average molecular weight is 416 g/mol. The number of fused-ring (bicyclic) bond motifs is 1. The van der Waals surface area contributed by atoms with Gasteiger partial charge in [0.1, 0.15) is 0 Å². The van der Waals surface area contributed by atoms with Gasteiger partial charge in [0.2, 0.25) is 0 Å². The number of nitrogens with zero attached hydrogens (tertiary/aromatic N) is 1. The minimum absolute atomic E-state index is 0.0750. The SMILES string of the molecule is CCCCN(CCC)c1ccc(Cc2ccc3c(c2)C(C2CCCC2)C(=O)C=C3)cc1. The number of hydrogen-bond acceptors (Lipinski definition) is 2. The predicted octanol–water partition coefficient (Wildman–Crippen LogP) is 7.16. The van der Waals surface area contributed by atoms with Gasteiger partial charge < -0.3 is 4.90 Å². The molecule has 2 aromatic rings. The molecule has 1 fully saturated rings. The predicted molar refractivity (Wildman–Crippen MR) is 132 cm³/mol. The van der Waals surface area contributed by atoms with Crippen LogP contribution >= 0.6 is 0 Å². The molecule has 0 spiro atoms. The molecule has 0 bridgehead atoms. The Kier molecular flexibility index (Phi) is 7.27. The van der Waals surface area contributed by atoms with Gasteiger partial charge >= 0.3 is 0 Å². The van der Waals surface area contributed by atoms with E-state index in [0.717, 1.165) is 19.5 Å². The lowest BCUT2D eigenvalue weighted by Crippen LogP contribution is -2.25. The number of ketones is 1. The van der Waals surface area contributed by atoms with E-state index < -0.39 is 0 Å². The van der Waals surface area contributed by atoms with Gasteiger partial charge in [-0.05, 0) is 78.5 Å². The molecule has 0 heterocycles. The highest BCUT2D eigenvalue weighted by molar-refractivity contribution is 6.02. The van der Waals surface area contributed by atoms with Crippen molar-refractivity contribution in [1.29, 1.82) is 0 Å². The maximum absolute atomic E-state index is 12.8. The number of rotatable bonds is 9. The van der Waals surface area contributed by atoms with E-state index in [0.29, 0.717) is 11.7 Å². The molecule has 1 saturated carbocycles. The molecule has 164 valence electrons. The molecule has 1 unspecified atom stereocenters. The molecule has 2 aliphatic rings. The smallest absolute Gasteiger partial charge is 0.163 e. The van der Waals surface area contributed by atoms with Crippen molar-refractivity contribution < 1.29 is 4.79 Å². The van der Waals surface area contributed by atoms with Gasteiger partial charge in [0.25, 0.3) is 0 Å². The molecule has 4 rings (SSSR count). The third kappa shape index (κ3) is 5.11. The number of allylic oxidation sites excluding steroid dienone is 1. The van der Waals surface area contributed by atoms with Gasteiger partial charge in [0.15, 0.2) is 5.78 Å². The number of carbonyl (C=O) groups is 1. The molecule has 0 amide bonds. The quantitative estimate of drug-likeness (QED) is 0.433. The van der Waals surface area contributed by atoms with Crippen molar-refractivity contribution in [2.24, 2.45) is 5.92 Å². The van der Waals surface area contributed by atoms with E-state index in [4.69, 9.17) is 0 Å². The molecule has 2 heteroatoms. The van der Waals surface area contributed by atoms with Gasteiger partial charge in [0, 0.05) is 18.8 Å². The van der Waals surface area contributed by atoms with Crippen LogP contribution in [0, 0.1) is 5.92 Å². The molecule has 2 aliphatic carbocycles. The van der Waals surface area contributed by atoms with Crippen molar-refractivity contribution in [2.45, 2.75) is 71.1 Å². The molecule has 0 saturated heterocycles. The first-order valence-corrected chi connectivity index (χ1v) is 12.4. The summed E-state index contributed by atoms with van der Waals surface area (Å²) in [7, 11) is 0. The van der Waals surface area contributed by atoms with Gasteiger partial charge in [-0.2, -0.15) is 0 Å². The topological polar surface area (TPSA) is 20.3 Å². The number of carbonyl (C=O) groups excluding carboxylic acids is 1. The first-order chi connectivity index (χ1) is 15.2. The van der Waals surface area contributed by atoms with Crippen molar-refractivity contribution in [3.05, 3.63) is 70.8 Å². The molecule has 2 aromatic carbocycles. The van der Waals surface area contributed by atoms with E-state index in [1.807, 2.05) is 12.2 Å². The number of anilines is 1. The van der Waals surface area contributed by atoms with E-state index >= 15 is 0 Å². The fourth-order valence-corrected chi connectivity index (χ4v) is 5.41. The maximum atomic E-state index is 12.8. The number of hydrogen-bond donors (Lipinski definition) is 0. The number of unbranched alkanes of at least 4 members (excludes halogenated alkanes) is 1. The summed E-state index contributed by atoms with van der Waals surface area (Å²) in [6.07, 6.45) is 13.3. The molecule has 1 atom stereocenters. The first kappa shape index (κ1) is 21.9. The van der Waals surface area contributed by atoms with Crippen molar-refractivity contribution in [1.82, 2.24) is 0 Å². The van der Waals surface area contributed by atoms with Crippen molar-refractivity contribution >= 4 is 17.5 Å². The second kappa shape index (κ2) is 10.3. The van der Waals surface area contributed by atoms with Crippen LogP contribution in [0.2, 0.25) is 0 Å². The van der Waals surface area contributed by atoms with Crippen LogP contribution in [0.1, 0.15) is 87.0 Å². The van der Waals surface area contributed by atoms with Crippen LogP contribution < -0.4 is 4.90 Å². The van der Waals surface area contributed by atoms with Gasteiger partial charge in [-0.1, -0.05) is 69.5 Å². The summed E-state index contributed by atoms with van der Waals surface area (Å²) in [5.74, 6) is 0.911. The summed E-state index contributed by atoms with van der Waals surface area (Å²) in [6.45, 7) is 6.77. The molecule has 0 aromatic heterocycles. The Labute approximate surface area is 188 Å². The van der Waals surface area contributed by atoms with Crippen LogP contribution in [-0.4, -0.2) is 18.9 Å². The molecular weight excluding hydrogens is 378 g/mol. The normalized spacial score (nSPS) is 18.4. The maximum Gasteiger partial charge on any atom is 0.163 e. The van der Waals surface area contributed by atoms with Crippen molar-refractivity contribution in [2.75, 3.05) is 18.0 Å². The monoisotopic (exact) mass is 415 g/mol. The van der Waals surface area contributed by atoms with Gasteiger partial charge in [0.05, 0.1) is 5.92 Å². The van der Waals surface area contributed by atoms with E-state index in [-0.39, 0.29) is 5.92 Å². The number of benzene rings is 2. The van der Waals surface area contributed by atoms with Crippen LogP contribution in [0.3, 0.4) is 0 Å². The van der Waals surface area contributed by atoms with E-state index in [9.17, 15) is 4.79 Å². The lowest BCUT2D eigenvalue weighted by atomic mass is 9.76. The van der Waals surface area contributed by atoms with Gasteiger partial charge in [-0.25, -0.2) is 0 Å². The Morgan fingerprint density at radius 2 is 1.61 bits per heavy atom. The molecular formula is C29H37NO. The zero-order valence-electron chi connectivity index (χ0n) is 19.3. The average Bonchev–Trinajstić information content (AvgIpc) is 3.31. The summed E-state index contributed by atoms with van der Waals surface area (Å²) in [4.78, 5) is 15.3. The Morgan fingerprint density at radius 1 is 0.871 bits per heavy atom. The largest absolute Gasteiger partial charge is 0.372 e. The highest BCUT2D eigenvalue weighted by Crippen LogP contribution is 2.41. The minimum Gasteiger partial charge on any atom is -0.372 e. The summed E-state index contributed by atoms with van der Waals surface area (Å²) in [5.41, 5.74) is 6.49. The minimum atomic E-state index is 0.0750. The summed E-state index contributed by atoms with van der Waals surface area (Å²) < 4.78 is 0. The third-order valence-corrected chi connectivity index (χ3v) is 7.08. The third-order valence-electron chi connectivity index (χ3n) is 7.08. The fraction of sp³-hybridized carbons (Fsp3) is 0.483. The Balaban J connectivity index is 1.51. The highest BCUT2D eigenvalue weighted by Gasteiger charge is 2.33. The summed E-state index contributed by atoms with van der Waals surface area (Å²) >= 11 is 0. The Hall–Kier alpha value is -2.35. The fourth-order valence-electron chi connectivity index (χ4n) is 5.41. The second-order valence-corrected chi connectivity index (χ2v) is 9.41. The lowest BCUT2D eigenvalue weighted by Gasteiger charge is -2.26. The van der Waals surface area contributed by atoms with Gasteiger partial charge in [-0.15, -0.1) is 0 Å². The molecule has 31 heavy (non-hydrogen) atoms. The van der Waals surface area contributed by atoms with E-state index in [1.54, 1.807) is 0 Å². The van der Waals surface area contributed by atoms with Crippen LogP contribution in [0.5, 0.6) is 0 Å². The standard InChI is InChI=1S/C29H37NO/c1-3-5-19-30(18-4-2)26-15-11-22(12-16-26)20-23-10-13-24-14-17-28(31)29(27(24)21-23)25-8-6-7-9-25/h10-17,21,25,29H,3-9,18-20H2,1-2H3. The van der Waals surface area contributed by atoms with E-state index in [2.05, 4.69) is 61.2 Å². The van der Waals surface area contributed by atoms with Gasteiger partial charge in [-0.3, -0.25) is 4.79 Å². The van der Waals surface area contributed by atoms with Crippen LogP contribution in [0.4, 0.5) is 5.69 Å². The van der Waals surface area contributed by atoms with Crippen LogP contribution in [-0.2, 0) is 11.2 Å². The van der Waals surface area contributed by atoms with Crippen molar-refractivity contribution in [3.8, 4) is 0 Å². The molecule has 0 aliphatic heterocycles. The zero-order chi connectivity index (χ0) is 21.6. The van der Waals surface area contributed by atoms with E-state index in [1.165, 1.54) is 72.9 Å². The lowest BCUT2D eigenvalue weighted by molar-refractivity contribution is -0.117. The Bertz CT molecular complexity index is 905. The van der Waals surface area contributed by atoms with Crippen molar-refractivity contribution in [3.63, 3.8) is 0 Å². The zero-order valence-corrected chi connectivity index (χ0v) is 19.3. The molecule has 2 nitrogen and oxygen atoms in total. The van der Waals surface area contributed by atoms with Crippen LogP contribution in [0.25, 0.3) is 6.08 Å². The molecule has 0 radical (unpaired) electrons. The first-order valence-electron chi connectivity index (χ1n) is 12.4. The van der Waals surface area contributed by atoms with Crippen LogP contribution in [0.15, 0.2) is 48.5 Å². The summed E-state index contributed by atoms with van der Waals surface area (Å²) in [6, 6.07) is 15.9. The summed E-state index contributed by atoms with van der Waals surface area (Å²) in [5, 5.41) is 0. The molecule has 0 N–H and O–H groups in total. The second-order valence-electron chi connectivity index (χ2n) is 9.41.